The zero-order valence-corrected chi connectivity index (χ0v) is 35.4. The largest absolute Gasteiger partial charge is 0.444 e. The molecule has 6 heterocycles. The number of nitrogens with zero attached hydrogens (tertiary/aromatic N) is 4. The van der Waals surface area contributed by atoms with E-state index in [1.807, 2.05) is 21.9 Å². The Bertz CT molecular complexity index is 2220. The normalized spacial score (nSPS) is 22.6. The van der Waals surface area contributed by atoms with Gasteiger partial charge in [0.2, 0.25) is 11.8 Å². The van der Waals surface area contributed by atoms with Crippen molar-refractivity contribution >= 4 is 45.8 Å². The second kappa shape index (κ2) is 15.9. The van der Waals surface area contributed by atoms with Crippen LogP contribution in [0.2, 0.25) is 0 Å². The van der Waals surface area contributed by atoms with Crippen LogP contribution in [0.5, 0.6) is 0 Å². The molecule has 8 rings (SSSR count). The molecule has 2 aromatic heterocycles. The van der Waals surface area contributed by atoms with E-state index in [1.54, 1.807) is 65.8 Å². The topological polar surface area (TPSA) is 127 Å². The molecule has 0 unspecified atom stereocenters. The van der Waals surface area contributed by atoms with Gasteiger partial charge in [0.25, 0.3) is 0 Å². The third-order valence-electron chi connectivity index (χ3n) is 12.1. The molecule has 2 aromatic carbocycles. The average Bonchev–Trinajstić information content (AvgIpc) is 3.95. The van der Waals surface area contributed by atoms with Crippen LogP contribution < -0.4 is 10.6 Å². The number of ether oxygens (including phenoxy) is 2. The van der Waals surface area contributed by atoms with Gasteiger partial charge in [-0.3, -0.25) is 9.59 Å². The Hall–Kier alpha value is -5.40. The van der Waals surface area contributed by atoms with Gasteiger partial charge in [0, 0.05) is 49.0 Å². The number of carbonyl (C=O) groups excluding carboxylic acids is 4. The lowest BCUT2D eigenvalue weighted by Crippen LogP contribution is -2.51. The van der Waals surface area contributed by atoms with Crippen molar-refractivity contribution in [2.75, 3.05) is 13.1 Å². The number of aryl methyl sites for hydroxylation is 2. The maximum atomic E-state index is 15.1. The number of halogens is 2. The lowest BCUT2D eigenvalue weighted by Gasteiger charge is -2.31. The van der Waals surface area contributed by atoms with Crippen molar-refractivity contribution in [3.63, 3.8) is 0 Å². The number of rotatable bonds is 2. The van der Waals surface area contributed by atoms with E-state index < -0.39 is 35.5 Å². The highest BCUT2D eigenvalue weighted by molar-refractivity contribution is 5.98. The highest BCUT2D eigenvalue weighted by Crippen LogP contribution is 2.45. The molecule has 4 atom stereocenters. The molecule has 2 fully saturated rings. The summed E-state index contributed by atoms with van der Waals surface area (Å²) in [6, 6.07) is 7.28. The number of carbonyl (C=O) groups is 4. The van der Waals surface area contributed by atoms with E-state index in [1.165, 1.54) is 12.1 Å². The second-order valence-corrected chi connectivity index (χ2v) is 18.7. The summed E-state index contributed by atoms with van der Waals surface area (Å²) >= 11 is 0. The Kier molecular flexibility index (Phi) is 10.9. The minimum absolute atomic E-state index is 0.116. The number of alkyl carbamates (subject to hydrolysis) is 2. The number of nitrogens with one attached hydrogen (secondary N) is 2. The smallest absolute Gasteiger partial charge is 0.408 e. The quantitative estimate of drug-likeness (QED) is 0.199. The molecular formula is C46H56F2N6O6. The molecular weight excluding hydrogens is 771 g/mol. The van der Waals surface area contributed by atoms with Crippen LogP contribution >= 0.6 is 0 Å². The Morgan fingerprint density at radius 1 is 0.633 bits per heavy atom. The molecule has 320 valence electrons. The van der Waals surface area contributed by atoms with Gasteiger partial charge in [-0.15, -0.1) is 0 Å². The van der Waals surface area contributed by atoms with E-state index in [2.05, 4.69) is 19.8 Å². The Morgan fingerprint density at radius 2 is 1.03 bits per heavy atom. The molecule has 4 aliphatic rings. The first-order valence-electron chi connectivity index (χ1n) is 21.3. The number of aromatic nitrogens is 2. The number of fused-ring (bicyclic) bond motifs is 8. The van der Waals surface area contributed by atoms with Crippen molar-refractivity contribution in [1.82, 2.24) is 29.6 Å². The second-order valence-electron chi connectivity index (χ2n) is 18.7. The zero-order valence-electron chi connectivity index (χ0n) is 35.4. The van der Waals surface area contributed by atoms with Gasteiger partial charge in [-0.05, 0) is 140 Å². The summed E-state index contributed by atoms with van der Waals surface area (Å²) in [7, 11) is 0. The first kappa shape index (κ1) is 41.3. The van der Waals surface area contributed by atoms with Crippen molar-refractivity contribution < 1.29 is 37.4 Å². The number of hydrogen-bond donors (Lipinski definition) is 2. The van der Waals surface area contributed by atoms with Gasteiger partial charge in [0.05, 0.1) is 22.4 Å². The molecule has 0 spiro atoms. The average molecular weight is 827 g/mol. The first-order chi connectivity index (χ1) is 28.5. The van der Waals surface area contributed by atoms with E-state index in [0.29, 0.717) is 39.0 Å². The van der Waals surface area contributed by atoms with Gasteiger partial charge in [0.15, 0.2) is 0 Å². The fourth-order valence-corrected chi connectivity index (χ4v) is 9.76. The van der Waals surface area contributed by atoms with Crippen LogP contribution in [0.4, 0.5) is 18.4 Å². The van der Waals surface area contributed by atoms with Gasteiger partial charge in [0.1, 0.15) is 34.9 Å². The third-order valence-corrected chi connectivity index (χ3v) is 12.1. The van der Waals surface area contributed by atoms with Crippen LogP contribution in [0.25, 0.3) is 33.2 Å². The van der Waals surface area contributed by atoms with E-state index >= 15 is 8.78 Å². The maximum Gasteiger partial charge on any atom is 0.408 e. The van der Waals surface area contributed by atoms with Crippen molar-refractivity contribution in [2.45, 2.75) is 141 Å². The summed E-state index contributed by atoms with van der Waals surface area (Å²) in [5, 5.41) is 7.42. The molecule has 0 bridgehead atoms. The molecule has 4 aromatic rings. The third kappa shape index (κ3) is 8.21. The molecule has 2 saturated heterocycles. The standard InChI is InChI=1S/C46H56F2N6O6/c1-45(2,3)59-43(57)49-35-13-7-8-14-36(50-44(58)60-46(4,5)6)42(56)52-20-10-12-30(52)26-34-32-18-16-28(48)24-38(32)54-22-21-53-37-23-27(47)15-17-31(37)33(39(53)40(34)54)25-29-11-9-19-51(29)41(35)55/h7-8,15-18,23-24,29-30,35-36H,9-14,19-22,25-26H2,1-6H3,(H,49,57)(H,50,58)/t29-,30-,35-,36-/m0/s1. The predicted molar refractivity (Wildman–Crippen MR) is 224 cm³/mol. The Labute approximate surface area is 349 Å². The van der Waals surface area contributed by atoms with Gasteiger partial charge >= 0.3 is 12.2 Å². The summed E-state index contributed by atoms with van der Waals surface area (Å²) in [4.78, 5) is 59.5. The van der Waals surface area contributed by atoms with Gasteiger partial charge in [-0.25, -0.2) is 18.4 Å². The van der Waals surface area contributed by atoms with Crippen molar-refractivity contribution in [1.29, 1.82) is 0 Å². The van der Waals surface area contributed by atoms with E-state index in [4.69, 9.17) is 9.47 Å². The van der Waals surface area contributed by atoms with E-state index in [0.717, 1.165) is 70.0 Å². The molecule has 60 heavy (non-hydrogen) atoms. The predicted octanol–water partition coefficient (Wildman–Crippen LogP) is 7.76. The van der Waals surface area contributed by atoms with E-state index in [9.17, 15) is 19.2 Å². The lowest BCUT2D eigenvalue weighted by molar-refractivity contribution is -0.135. The van der Waals surface area contributed by atoms with Crippen LogP contribution in [0.15, 0.2) is 48.6 Å². The summed E-state index contributed by atoms with van der Waals surface area (Å²) in [6.07, 6.45) is 6.25. The first-order valence-corrected chi connectivity index (χ1v) is 21.3. The molecule has 4 aliphatic heterocycles. The maximum absolute atomic E-state index is 15.1. The van der Waals surface area contributed by atoms with Crippen LogP contribution in [0, 0.1) is 11.6 Å². The summed E-state index contributed by atoms with van der Waals surface area (Å²) < 4.78 is 45.8. The lowest BCUT2D eigenvalue weighted by atomic mass is 9.94. The molecule has 0 saturated carbocycles. The van der Waals surface area contributed by atoms with Crippen molar-refractivity contribution in [3.05, 3.63) is 71.3 Å². The molecule has 2 N–H and O–H groups in total. The highest BCUT2D eigenvalue weighted by Gasteiger charge is 2.40. The Morgan fingerprint density at radius 3 is 1.42 bits per heavy atom. The van der Waals surface area contributed by atoms with Crippen LogP contribution in [-0.4, -0.2) is 91.4 Å². The monoisotopic (exact) mass is 826 g/mol. The SMILES string of the molecule is CC(C)(C)OC(=O)N[C@H]1CC=CC[C@H](NC(=O)OC(C)(C)C)C(=O)N2CCC[C@H]2Cc2c3n(c4cc(F)ccc24)CCn2c-3c(c3ccc(F)cc32)C[C@@H]2CCCN2C1=O. The summed E-state index contributed by atoms with van der Waals surface area (Å²) in [5.74, 6) is -1.24. The number of benzene rings is 2. The summed E-state index contributed by atoms with van der Waals surface area (Å²) in [6.45, 7) is 12.5. The number of hydrogen-bond acceptors (Lipinski definition) is 6. The minimum atomic E-state index is -0.982. The molecule has 4 amide bonds. The van der Waals surface area contributed by atoms with Gasteiger partial charge < -0.3 is 39.0 Å². The summed E-state index contributed by atoms with van der Waals surface area (Å²) in [5.41, 5.74) is 3.65. The van der Waals surface area contributed by atoms with Crippen LogP contribution in [0.3, 0.4) is 0 Å². The minimum Gasteiger partial charge on any atom is -0.444 e. The van der Waals surface area contributed by atoms with Crippen molar-refractivity contribution in [2.24, 2.45) is 0 Å². The molecule has 0 radical (unpaired) electrons. The highest BCUT2D eigenvalue weighted by atomic mass is 19.1. The van der Waals surface area contributed by atoms with Crippen LogP contribution in [-0.2, 0) is 45.0 Å². The molecule has 14 heteroatoms. The fourth-order valence-electron chi connectivity index (χ4n) is 9.76. The van der Waals surface area contributed by atoms with Crippen LogP contribution in [0.1, 0.15) is 91.2 Å². The fraction of sp³-hybridized carbons (Fsp3) is 0.522. The Balaban J connectivity index is 1.29. The molecule has 0 aliphatic carbocycles. The van der Waals surface area contributed by atoms with Crippen molar-refractivity contribution in [3.8, 4) is 11.4 Å². The molecule has 12 nitrogen and oxygen atoms in total. The zero-order chi connectivity index (χ0) is 42.7. The van der Waals surface area contributed by atoms with Gasteiger partial charge in [-0.2, -0.15) is 0 Å². The van der Waals surface area contributed by atoms with Gasteiger partial charge in [-0.1, -0.05) is 12.2 Å². The van der Waals surface area contributed by atoms with E-state index in [-0.39, 0.29) is 48.4 Å². The number of amides is 4.